The maximum atomic E-state index is 12.4. The first-order valence-corrected chi connectivity index (χ1v) is 9.91. The van der Waals surface area contributed by atoms with Gasteiger partial charge in [-0.05, 0) is 24.3 Å². The highest BCUT2D eigenvalue weighted by molar-refractivity contribution is 7.99. The fraction of sp³-hybridized carbons (Fsp3) is 0.556. The minimum atomic E-state index is -0.162. The lowest BCUT2D eigenvalue weighted by atomic mass is 10.1. The van der Waals surface area contributed by atoms with Crippen LogP contribution in [0.5, 0.6) is 0 Å². The quantitative estimate of drug-likeness (QED) is 0.654. The second-order valence-corrected chi connectivity index (χ2v) is 6.96. The normalized spacial score (nSPS) is 14.9. The molecule has 0 atom stereocenters. The van der Waals surface area contributed by atoms with Crippen molar-refractivity contribution in [2.75, 3.05) is 56.2 Å². The van der Waals surface area contributed by atoms with Gasteiger partial charge in [-0.2, -0.15) is 11.8 Å². The zero-order valence-corrected chi connectivity index (χ0v) is 15.6. The number of rotatable bonds is 9. The summed E-state index contributed by atoms with van der Waals surface area (Å²) in [5.74, 6) is 1.12. The summed E-state index contributed by atoms with van der Waals surface area (Å²) in [5.41, 5.74) is 1.06. The average Bonchev–Trinajstić information content (AvgIpc) is 2.63. The fourth-order valence-electron chi connectivity index (χ4n) is 2.53. The van der Waals surface area contributed by atoms with Gasteiger partial charge in [-0.25, -0.2) is 0 Å². The van der Waals surface area contributed by atoms with Crippen molar-refractivity contribution in [3.63, 3.8) is 0 Å². The molecule has 1 fully saturated rings. The molecule has 1 saturated heterocycles. The minimum Gasteiger partial charge on any atom is -0.379 e. The topological polar surface area (TPSA) is 70.7 Å². The van der Waals surface area contributed by atoms with Crippen LogP contribution in [0.25, 0.3) is 0 Å². The smallest absolute Gasteiger partial charge is 0.253 e. The van der Waals surface area contributed by atoms with Crippen LogP contribution in [0.15, 0.2) is 24.3 Å². The predicted molar refractivity (Wildman–Crippen MR) is 102 cm³/mol. The molecule has 0 aromatic heterocycles. The van der Waals surface area contributed by atoms with Gasteiger partial charge in [0, 0.05) is 26.2 Å². The third kappa shape index (κ3) is 7.05. The van der Waals surface area contributed by atoms with Crippen LogP contribution in [-0.4, -0.2) is 67.6 Å². The van der Waals surface area contributed by atoms with Crippen LogP contribution in [0.1, 0.15) is 23.7 Å². The maximum Gasteiger partial charge on any atom is 0.253 e. The Bertz CT molecular complexity index is 562. The van der Waals surface area contributed by atoms with Gasteiger partial charge in [0.15, 0.2) is 0 Å². The zero-order chi connectivity index (χ0) is 17.9. The van der Waals surface area contributed by atoms with Crippen LogP contribution in [0.2, 0.25) is 0 Å². The van der Waals surface area contributed by atoms with Gasteiger partial charge in [0.05, 0.1) is 30.2 Å². The van der Waals surface area contributed by atoms with E-state index in [1.165, 1.54) is 0 Å². The van der Waals surface area contributed by atoms with Gasteiger partial charge in [0.1, 0.15) is 0 Å². The number of benzene rings is 1. The lowest BCUT2D eigenvalue weighted by Crippen LogP contribution is -2.41. The molecule has 0 bridgehead atoms. The largest absolute Gasteiger partial charge is 0.379 e. The van der Waals surface area contributed by atoms with E-state index in [0.717, 1.165) is 45.0 Å². The van der Waals surface area contributed by atoms with E-state index in [1.807, 2.05) is 6.07 Å². The summed E-state index contributed by atoms with van der Waals surface area (Å²) in [6.07, 6.45) is 1.04. The van der Waals surface area contributed by atoms with Gasteiger partial charge < -0.3 is 15.4 Å². The first-order chi connectivity index (χ1) is 12.2. The maximum absolute atomic E-state index is 12.4. The molecule has 0 unspecified atom stereocenters. The van der Waals surface area contributed by atoms with Crippen molar-refractivity contribution in [1.29, 1.82) is 0 Å². The summed E-state index contributed by atoms with van der Waals surface area (Å²) in [6, 6.07) is 7.12. The molecular weight excluding hydrogens is 338 g/mol. The molecule has 1 aliphatic rings. The van der Waals surface area contributed by atoms with Crippen molar-refractivity contribution in [2.24, 2.45) is 0 Å². The van der Waals surface area contributed by atoms with Crippen molar-refractivity contribution in [3.05, 3.63) is 29.8 Å². The van der Waals surface area contributed by atoms with E-state index in [-0.39, 0.29) is 11.8 Å². The number of morpholine rings is 1. The Hall–Kier alpha value is -1.57. The van der Waals surface area contributed by atoms with Gasteiger partial charge in [-0.15, -0.1) is 0 Å². The van der Waals surface area contributed by atoms with Crippen LogP contribution in [0.3, 0.4) is 0 Å². The van der Waals surface area contributed by atoms with Crippen molar-refractivity contribution >= 4 is 29.3 Å². The molecule has 1 aromatic rings. The number of nitrogens with one attached hydrogen (secondary N) is 2. The predicted octanol–water partition coefficient (Wildman–Crippen LogP) is 1.83. The van der Waals surface area contributed by atoms with Crippen LogP contribution in [0.4, 0.5) is 5.69 Å². The van der Waals surface area contributed by atoms with Crippen molar-refractivity contribution in [2.45, 2.75) is 13.3 Å². The molecule has 0 aliphatic carbocycles. The molecule has 138 valence electrons. The van der Waals surface area contributed by atoms with Crippen LogP contribution in [0, 0.1) is 0 Å². The number of thioether (sulfide) groups is 1. The second kappa shape index (κ2) is 11.1. The summed E-state index contributed by atoms with van der Waals surface area (Å²) in [7, 11) is 0. The molecule has 2 N–H and O–H groups in total. The number of nitrogens with zero attached hydrogens (tertiary/aromatic N) is 1. The Kier molecular flexibility index (Phi) is 8.79. The van der Waals surface area contributed by atoms with E-state index in [2.05, 4.69) is 22.5 Å². The van der Waals surface area contributed by atoms with Crippen LogP contribution in [-0.2, 0) is 9.53 Å². The van der Waals surface area contributed by atoms with Gasteiger partial charge in [-0.1, -0.05) is 19.1 Å². The lowest BCUT2D eigenvalue weighted by Gasteiger charge is -2.26. The van der Waals surface area contributed by atoms with E-state index >= 15 is 0 Å². The summed E-state index contributed by atoms with van der Waals surface area (Å²) in [5, 5.41) is 5.78. The summed E-state index contributed by atoms with van der Waals surface area (Å²) in [4.78, 5) is 26.7. The molecule has 1 aromatic carbocycles. The fourth-order valence-corrected chi connectivity index (χ4v) is 3.22. The highest BCUT2D eigenvalue weighted by atomic mass is 32.2. The van der Waals surface area contributed by atoms with Crippen molar-refractivity contribution in [3.8, 4) is 0 Å². The Labute approximate surface area is 153 Å². The van der Waals surface area contributed by atoms with E-state index in [1.54, 1.807) is 30.0 Å². The number of anilines is 1. The number of carbonyl (C=O) groups is 2. The number of hydrogen-bond donors (Lipinski definition) is 2. The SMILES string of the molecule is CCCSCC(=O)Nc1ccccc1C(=O)NCCN1CCOCC1. The monoisotopic (exact) mass is 365 g/mol. The van der Waals surface area contributed by atoms with Crippen molar-refractivity contribution in [1.82, 2.24) is 10.2 Å². The number of hydrogen-bond acceptors (Lipinski definition) is 5. The lowest BCUT2D eigenvalue weighted by molar-refractivity contribution is -0.113. The highest BCUT2D eigenvalue weighted by Gasteiger charge is 2.14. The Morgan fingerprint density at radius 2 is 2.00 bits per heavy atom. The molecule has 0 spiro atoms. The Morgan fingerprint density at radius 1 is 1.24 bits per heavy atom. The molecule has 1 aliphatic heterocycles. The van der Waals surface area contributed by atoms with E-state index in [0.29, 0.717) is 23.5 Å². The number of para-hydroxylation sites is 1. The zero-order valence-electron chi connectivity index (χ0n) is 14.8. The van der Waals surface area contributed by atoms with Gasteiger partial charge in [0.2, 0.25) is 5.91 Å². The molecule has 25 heavy (non-hydrogen) atoms. The van der Waals surface area contributed by atoms with Crippen LogP contribution >= 0.6 is 11.8 Å². The Balaban J connectivity index is 1.83. The van der Waals surface area contributed by atoms with Gasteiger partial charge in [0.25, 0.3) is 5.91 Å². The first-order valence-electron chi connectivity index (χ1n) is 8.75. The summed E-state index contributed by atoms with van der Waals surface area (Å²) >= 11 is 1.60. The molecule has 7 heteroatoms. The number of carbonyl (C=O) groups excluding carboxylic acids is 2. The van der Waals surface area contributed by atoms with Gasteiger partial charge in [-0.3, -0.25) is 14.5 Å². The molecule has 2 amide bonds. The first kappa shape index (κ1) is 19.8. The summed E-state index contributed by atoms with van der Waals surface area (Å²) in [6.45, 7) is 6.76. The highest BCUT2D eigenvalue weighted by Crippen LogP contribution is 2.15. The minimum absolute atomic E-state index is 0.0768. The van der Waals surface area contributed by atoms with E-state index < -0.39 is 0 Å². The third-order valence-electron chi connectivity index (χ3n) is 3.84. The summed E-state index contributed by atoms with van der Waals surface area (Å²) < 4.78 is 5.31. The van der Waals surface area contributed by atoms with Crippen LogP contribution < -0.4 is 10.6 Å². The molecule has 1 heterocycles. The van der Waals surface area contributed by atoms with E-state index in [4.69, 9.17) is 4.74 Å². The molecule has 0 saturated carbocycles. The Morgan fingerprint density at radius 3 is 2.76 bits per heavy atom. The van der Waals surface area contributed by atoms with Crippen molar-refractivity contribution < 1.29 is 14.3 Å². The molecular formula is C18H27N3O3S. The third-order valence-corrected chi connectivity index (χ3v) is 5.01. The number of ether oxygens (including phenoxy) is 1. The number of amides is 2. The standard InChI is InChI=1S/C18H27N3O3S/c1-2-13-25-14-17(22)20-16-6-4-3-5-15(16)18(23)19-7-8-21-9-11-24-12-10-21/h3-6H,2,7-14H2,1H3,(H,19,23)(H,20,22). The molecule has 0 radical (unpaired) electrons. The van der Waals surface area contributed by atoms with Gasteiger partial charge >= 0.3 is 0 Å². The second-order valence-electron chi connectivity index (χ2n) is 5.86. The molecule has 2 rings (SSSR count). The molecule has 6 nitrogen and oxygen atoms in total. The van der Waals surface area contributed by atoms with E-state index in [9.17, 15) is 9.59 Å². The average molecular weight is 365 g/mol.